The number of carbonyl (C=O) groups excluding carboxylic acids is 1. The Morgan fingerprint density at radius 3 is 2.22 bits per heavy atom. The van der Waals surface area contributed by atoms with Gasteiger partial charge in [0.1, 0.15) is 5.49 Å². The monoisotopic (exact) mass is 553 g/mol. The fourth-order valence-corrected chi connectivity index (χ4v) is 6.27. The quantitative estimate of drug-likeness (QED) is 0.257. The number of unbranched alkanes of at least 4 members (excludes halogenated alkanes) is 7. The van der Waals surface area contributed by atoms with Crippen molar-refractivity contribution in [2.75, 3.05) is 31.1 Å². The highest BCUT2D eigenvalue weighted by atomic mass is 16.2. The van der Waals surface area contributed by atoms with Crippen molar-refractivity contribution in [1.29, 1.82) is 5.41 Å². The molecular formula is C35H47N5O. The lowest BCUT2D eigenvalue weighted by molar-refractivity contribution is -0.131. The predicted molar refractivity (Wildman–Crippen MR) is 167 cm³/mol. The molecule has 0 saturated carbocycles. The van der Waals surface area contributed by atoms with E-state index in [1.807, 2.05) is 10.7 Å². The van der Waals surface area contributed by atoms with Crippen LogP contribution in [0.2, 0.25) is 0 Å². The fourth-order valence-electron chi connectivity index (χ4n) is 6.27. The normalized spacial score (nSPS) is 14.6. The van der Waals surface area contributed by atoms with Crippen LogP contribution in [0.1, 0.15) is 80.0 Å². The van der Waals surface area contributed by atoms with Gasteiger partial charge in [-0.25, -0.2) is 4.68 Å². The molecule has 6 heteroatoms. The van der Waals surface area contributed by atoms with E-state index in [1.54, 1.807) is 0 Å². The zero-order valence-electron chi connectivity index (χ0n) is 25.1. The number of nitrogens with one attached hydrogen (secondary N) is 1. The average molecular weight is 554 g/mol. The molecule has 0 unspecified atom stereocenters. The second-order valence-corrected chi connectivity index (χ2v) is 12.0. The van der Waals surface area contributed by atoms with Crippen molar-refractivity contribution >= 4 is 11.6 Å². The Morgan fingerprint density at radius 1 is 0.780 bits per heavy atom. The van der Waals surface area contributed by atoms with E-state index < -0.39 is 0 Å². The highest BCUT2D eigenvalue weighted by molar-refractivity contribution is 5.76. The minimum Gasteiger partial charge on any atom is -0.368 e. The number of hydrogen-bond acceptors (Lipinski definition) is 4. The smallest absolute Gasteiger partial charge is 0.222 e. The molecule has 2 heterocycles. The van der Waals surface area contributed by atoms with Gasteiger partial charge in [0.15, 0.2) is 0 Å². The van der Waals surface area contributed by atoms with Gasteiger partial charge in [0.25, 0.3) is 0 Å². The highest BCUT2D eigenvalue weighted by Gasteiger charge is 2.21. The molecule has 2 aliphatic rings. The third kappa shape index (κ3) is 7.46. The summed E-state index contributed by atoms with van der Waals surface area (Å²) in [5.41, 5.74) is 9.35. The molecule has 218 valence electrons. The molecule has 0 bridgehead atoms. The summed E-state index contributed by atoms with van der Waals surface area (Å²) >= 11 is 0. The van der Waals surface area contributed by atoms with Gasteiger partial charge in [-0.05, 0) is 80.0 Å². The summed E-state index contributed by atoms with van der Waals surface area (Å²) < 4.78 is 1.89. The van der Waals surface area contributed by atoms with E-state index >= 15 is 0 Å². The van der Waals surface area contributed by atoms with Gasteiger partial charge in [0.2, 0.25) is 5.91 Å². The summed E-state index contributed by atoms with van der Waals surface area (Å²) in [7, 11) is 0. The van der Waals surface area contributed by atoms with Gasteiger partial charge in [-0.2, -0.15) is 5.10 Å². The molecule has 6 nitrogen and oxygen atoms in total. The van der Waals surface area contributed by atoms with Crippen LogP contribution < -0.4 is 10.4 Å². The molecule has 1 fully saturated rings. The number of benzene rings is 2. The van der Waals surface area contributed by atoms with Crippen LogP contribution in [-0.2, 0) is 24.2 Å². The number of hydrogen-bond donors (Lipinski definition) is 1. The van der Waals surface area contributed by atoms with Crippen molar-refractivity contribution in [3.63, 3.8) is 0 Å². The van der Waals surface area contributed by atoms with Crippen molar-refractivity contribution < 1.29 is 4.79 Å². The van der Waals surface area contributed by atoms with Crippen LogP contribution >= 0.6 is 0 Å². The number of aromatic nitrogens is 2. The average Bonchev–Trinajstić information content (AvgIpc) is 2.99. The van der Waals surface area contributed by atoms with Crippen molar-refractivity contribution in [1.82, 2.24) is 14.7 Å². The molecule has 5 rings (SSSR count). The Balaban J connectivity index is 0.920. The van der Waals surface area contributed by atoms with Crippen molar-refractivity contribution in [2.24, 2.45) is 0 Å². The van der Waals surface area contributed by atoms with E-state index in [2.05, 4.69) is 66.1 Å². The predicted octanol–water partition coefficient (Wildman–Crippen LogP) is 6.60. The molecule has 1 amide bonds. The third-order valence-corrected chi connectivity index (χ3v) is 9.05. The molecule has 2 aromatic carbocycles. The standard InChI is InChI=1S/C35H47N5O/c1-27-16-19-31(25-28(27)2)38-21-23-39(24-22-38)34(41)15-9-7-5-3-4-6-8-12-20-40-33(36)26-30-18-17-29-13-10-11-14-32(29)35(30)37-40/h10-11,13-14,16,19,25-26,36H,3-9,12,15,17-18,20-24H2,1-2H3. The van der Waals surface area contributed by atoms with Gasteiger partial charge in [-0.1, -0.05) is 68.9 Å². The summed E-state index contributed by atoms with van der Waals surface area (Å²) in [5.74, 6) is 0.329. The van der Waals surface area contributed by atoms with E-state index in [9.17, 15) is 4.79 Å². The number of carbonyl (C=O) groups is 1. The molecule has 0 radical (unpaired) electrons. The molecule has 1 N–H and O–H groups in total. The van der Waals surface area contributed by atoms with Crippen LogP contribution in [0, 0.1) is 19.3 Å². The minimum atomic E-state index is 0.329. The first kappa shape index (κ1) is 29.1. The second-order valence-electron chi connectivity index (χ2n) is 12.0. The fraction of sp³-hybridized carbons (Fsp3) is 0.514. The van der Waals surface area contributed by atoms with Gasteiger partial charge in [0.05, 0.1) is 5.69 Å². The van der Waals surface area contributed by atoms with E-state index in [-0.39, 0.29) is 0 Å². The first-order valence-electron chi connectivity index (χ1n) is 15.8. The molecule has 3 aromatic rings. The van der Waals surface area contributed by atoms with Crippen LogP contribution in [0.5, 0.6) is 0 Å². The lowest BCUT2D eigenvalue weighted by Crippen LogP contribution is -2.48. The summed E-state index contributed by atoms with van der Waals surface area (Å²) in [5, 5.41) is 13.3. The first-order chi connectivity index (χ1) is 20.0. The Labute approximate surface area is 245 Å². The van der Waals surface area contributed by atoms with E-state index in [0.29, 0.717) is 17.8 Å². The molecule has 1 aliphatic carbocycles. The van der Waals surface area contributed by atoms with Crippen LogP contribution in [0.15, 0.2) is 48.5 Å². The maximum atomic E-state index is 12.7. The third-order valence-electron chi connectivity index (χ3n) is 9.05. The molecule has 0 spiro atoms. The van der Waals surface area contributed by atoms with E-state index in [4.69, 9.17) is 10.5 Å². The zero-order chi connectivity index (χ0) is 28.6. The topological polar surface area (TPSA) is 65.2 Å². The van der Waals surface area contributed by atoms with E-state index in [1.165, 1.54) is 65.6 Å². The Hall–Kier alpha value is -3.41. The zero-order valence-corrected chi connectivity index (χ0v) is 25.1. The summed E-state index contributed by atoms with van der Waals surface area (Å²) in [6.45, 7) is 8.65. The largest absolute Gasteiger partial charge is 0.368 e. The Morgan fingerprint density at radius 2 is 1.46 bits per heavy atom. The second kappa shape index (κ2) is 14.0. The summed E-state index contributed by atoms with van der Waals surface area (Å²) in [4.78, 5) is 17.2. The first-order valence-corrected chi connectivity index (χ1v) is 15.8. The van der Waals surface area contributed by atoms with Crippen LogP contribution in [0.3, 0.4) is 0 Å². The van der Waals surface area contributed by atoms with Crippen LogP contribution in [0.25, 0.3) is 11.3 Å². The number of nitrogens with zero attached hydrogens (tertiary/aromatic N) is 4. The lowest BCUT2D eigenvalue weighted by Gasteiger charge is -2.36. The number of piperazine rings is 1. The maximum absolute atomic E-state index is 12.7. The van der Waals surface area contributed by atoms with Crippen molar-refractivity contribution in [2.45, 2.75) is 91.0 Å². The van der Waals surface area contributed by atoms with Crippen molar-refractivity contribution in [3.8, 4) is 11.3 Å². The number of anilines is 1. The van der Waals surface area contributed by atoms with Crippen LogP contribution in [0.4, 0.5) is 5.69 Å². The van der Waals surface area contributed by atoms with Gasteiger partial charge in [-0.15, -0.1) is 0 Å². The minimum absolute atomic E-state index is 0.329. The van der Waals surface area contributed by atoms with Gasteiger partial charge in [-0.3, -0.25) is 10.2 Å². The molecule has 1 aliphatic heterocycles. The van der Waals surface area contributed by atoms with Gasteiger partial charge in [0, 0.05) is 50.4 Å². The molecule has 1 aromatic heterocycles. The van der Waals surface area contributed by atoms with Crippen molar-refractivity contribution in [3.05, 3.63) is 76.3 Å². The van der Waals surface area contributed by atoms with Gasteiger partial charge < -0.3 is 9.80 Å². The van der Waals surface area contributed by atoms with Gasteiger partial charge >= 0.3 is 0 Å². The number of fused-ring (bicyclic) bond motifs is 3. The SMILES string of the molecule is Cc1ccc(N2CCN(C(=O)CCCCCCCCCCn3nc4c(cc3=N)CCc3ccccc3-4)CC2)cc1C. The number of amides is 1. The molecule has 0 atom stereocenters. The Bertz CT molecular complexity index is 1390. The number of aryl methyl sites for hydroxylation is 5. The highest BCUT2D eigenvalue weighted by Crippen LogP contribution is 2.30. The maximum Gasteiger partial charge on any atom is 0.222 e. The molecule has 41 heavy (non-hydrogen) atoms. The summed E-state index contributed by atoms with van der Waals surface area (Å²) in [6.07, 6.45) is 12.0. The lowest BCUT2D eigenvalue weighted by atomic mass is 9.89. The Kier molecular flexibility index (Phi) is 9.92. The summed E-state index contributed by atoms with van der Waals surface area (Å²) in [6, 6.07) is 17.2. The molecular weight excluding hydrogens is 506 g/mol. The molecule has 1 saturated heterocycles. The van der Waals surface area contributed by atoms with E-state index in [0.717, 1.165) is 70.5 Å². The van der Waals surface area contributed by atoms with Crippen LogP contribution in [-0.4, -0.2) is 46.8 Å². The number of rotatable bonds is 12.